The van der Waals surface area contributed by atoms with Crippen LogP contribution in [0.3, 0.4) is 0 Å². The van der Waals surface area contributed by atoms with Crippen molar-refractivity contribution >= 4 is 15.7 Å². The van der Waals surface area contributed by atoms with Crippen LogP contribution in [0.1, 0.15) is 23.7 Å². The summed E-state index contributed by atoms with van der Waals surface area (Å²) < 4.78 is 22.8. The molecule has 0 heterocycles. The molecule has 1 aromatic carbocycles. The minimum absolute atomic E-state index is 0.160. The van der Waals surface area contributed by atoms with E-state index in [4.69, 9.17) is 0 Å². The van der Waals surface area contributed by atoms with Crippen LogP contribution < -0.4 is 10.6 Å². The van der Waals surface area contributed by atoms with E-state index in [1.807, 2.05) is 6.92 Å². The van der Waals surface area contributed by atoms with Crippen molar-refractivity contribution in [1.29, 1.82) is 0 Å². The first-order chi connectivity index (χ1) is 8.95. The van der Waals surface area contributed by atoms with Crippen molar-refractivity contribution in [2.45, 2.75) is 18.2 Å². The Morgan fingerprint density at radius 3 is 2.63 bits per heavy atom. The van der Waals surface area contributed by atoms with Crippen LogP contribution in [0.5, 0.6) is 0 Å². The molecule has 2 N–H and O–H groups in total. The molecule has 1 aromatic rings. The molecule has 1 amide bonds. The highest BCUT2D eigenvalue weighted by Crippen LogP contribution is 2.11. The number of rotatable bonds is 7. The number of hydrogen-bond donors (Lipinski definition) is 2. The van der Waals surface area contributed by atoms with E-state index in [0.717, 1.165) is 25.8 Å². The molecule has 19 heavy (non-hydrogen) atoms. The maximum absolute atomic E-state index is 11.8. The molecule has 0 unspecified atom stereocenters. The van der Waals surface area contributed by atoms with Crippen LogP contribution in [-0.2, 0) is 9.84 Å². The van der Waals surface area contributed by atoms with Gasteiger partial charge in [-0.25, -0.2) is 8.42 Å². The third-order valence-corrected chi connectivity index (χ3v) is 3.70. The van der Waals surface area contributed by atoms with Crippen molar-refractivity contribution in [3.63, 3.8) is 0 Å². The number of amides is 1. The lowest BCUT2D eigenvalue weighted by molar-refractivity contribution is 0.0953. The Morgan fingerprint density at radius 2 is 2.00 bits per heavy atom. The number of hydrogen-bond acceptors (Lipinski definition) is 4. The second-order valence-electron chi connectivity index (χ2n) is 4.26. The summed E-state index contributed by atoms with van der Waals surface area (Å²) in [5.74, 6) is -0.248. The second kappa shape index (κ2) is 7.25. The van der Waals surface area contributed by atoms with Crippen LogP contribution in [0.15, 0.2) is 29.2 Å². The lowest BCUT2D eigenvalue weighted by atomic mass is 10.2. The van der Waals surface area contributed by atoms with Gasteiger partial charge in [0.15, 0.2) is 9.84 Å². The van der Waals surface area contributed by atoms with Gasteiger partial charge in [0.2, 0.25) is 0 Å². The van der Waals surface area contributed by atoms with Crippen LogP contribution in [-0.4, -0.2) is 40.2 Å². The third-order valence-electron chi connectivity index (χ3n) is 2.59. The van der Waals surface area contributed by atoms with Crippen molar-refractivity contribution in [1.82, 2.24) is 10.6 Å². The van der Waals surface area contributed by atoms with Crippen LogP contribution in [0.2, 0.25) is 0 Å². The highest BCUT2D eigenvalue weighted by atomic mass is 32.2. The average Bonchev–Trinajstić information content (AvgIpc) is 2.37. The number of carbonyl (C=O) groups excluding carboxylic acids is 1. The topological polar surface area (TPSA) is 75.3 Å². The molecule has 0 aliphatic heterocycles. The summed E-state index contributed by atoms with van der Waals surface area (Å²) in [5, 5.41) is 5.92. The number of benzene rings is 1. The molecule has 0 saturated carbocycles. The molecule has 0 atom stereocenters. The highest BCUT2D eigenvalue weighted by molar-refractivity contribution is 7.90. The molecule has 0 aliphatic rings. The van der Waals surface area contributed by atoms with E-state index in [-0.39, 0.29) is 10.8 Å². The average molecular weight is 284 g/mol. The maximum Gasteiger partial charge on any atom is 0.251 e. The van der Waals surface area contributed by atoms with Crippen LogP contribution in [0.25, 0.3) is 0 Å². The van der Waals surface area contributed by atoms with Gasteiger partial charge in [-0.1, -0.05) is 13.0 Å². The second-order valence-corrected chi connectivity index (χ2v) is 6.28. The van der Waals surface area contributed by atoms with E-state index in [1.54, 1.807) is 12.1 Å². The summed E-state index contributed by atoms with van der Waals surface area (Å²) >= 11 is 0. The first-order valence-electron chi connectivity index (χ1n) is 6.24. The Labute approximate surface area is 114 Å². The summed E-state index contributed by atoms with van der Waals surface area (Å²) in [7, 11) is -3.28. The zero-order valence-electron chi connectivity index (χ0n) is 11.3. The SMILES string of the molecule is CCNCCCNC(=O)c1cccc(S(C)(=O)=O)c1. The quantitative estimate of drug-likeness (QED) is 0.727. The number of sulfone groups is 1. The molecule has 0 aliphatic carbocycles. The van der Waals surface area contributed by atoms with Crippen molar-refractivity contribution in [2.75, 3.05) is 25.9 Å². The highest BCUT2D eigenvalue weighted by Gasteiger charge is 2.10. The van der Waals surface area contributed by atoms with Gasteiger partial charge in [-0.15, -0.1) is 0 Å². The normalized spacial score (nSPS) is 11.3. The zero-order valence-corrected chi connectivity index (χ0v) is 12.1. The van der Waals surface area contributed by atoms with Gasteiger partial charge in [0.25, 0.3) is 5.91 Å². The van der Waals surface area contributed by atoms with Gasteiger partial charge >= 0.3 is 0 Å². The number of carbonyl (C=O) groups is 1. The van der Waals surface area contributed by atoms with Gasteiger partial charge in [-0.3, -0.25) is 4.79 Å². The Kier molecular flexibility index (Phi) is 5.98. The van der Waals surface area contributed by atoms with E-state index in [1.165, 1.54) is 12.1 Å². The smallest absolute Gasteiger partial charge is 0.251 e. The van der Waals surface area contributed by atoms with Crippen molar-refractivity contribution < 1.29 is 13.2 Å². The van der Waals surface area contributed by atoms with E-state index >= 15 is 0 Å². The van der Waals surface area contributed by atoms with Crippen molar-refractivity contribution in [3.8, 4) is 0 Å². The van der Waals surface area contributed by atoms with Gasteiger partial charge in [0.1, 0.15) is 0 Å². The molecule has 5 nitrogen and oxygen atoms in total. The summed E-state index contributed by atoms with van der Waals surface area (Å²) in [5.41, 5.74) is 0.367. The van der Waals surface area contributed by atoms with Crippen LogP contribution in [0, 0.1) is 0 Å². The van der Waals surface area contributed by atoms with E-state index in [9.17, 15) is 13.2 Å². The maximum atomic E-state index is 11.8. The zero-order chi connectivity index (χ0) is 14.3. The lowest BCUT2D eigenvalue weighted by Crippen LogP contribution is -2.27. The van der Waals surface area contributed by atoms with Crippen molar-refractivity contribution in [2.24, 2.45) is 0 Å². The Morgan fingerprint density at radius 1 is 1.26 bits per heavy atom. The largest absolute Gasteiger partial charge is 0.352 e. The molecule has 1 rings (SSSR count). The Balaban J connectivity index is 2.58. The molecule has 0 bridgehead atoms. The predicted octanol–water partition coefficient (Wildman–Crippen LogP) is 0.819. The fourth-order valence-electron chi connectivity index (χ4n) is 1.56. The van der Waals surface area contributed by atoms with Crippen molar-refractivity contribution in [3.05, 3.63) is 29.8 Å². The van der Waals surface area contributed by atoms with Gasteiger partial charge < -0.3 is 10.6 Å². The molecule has 106 valence electrons. The summed E-state index contributed by atoms with van der Waals surface area (Å²) in [4.78, 5) is 12.0. The molecule has 0 aromatic heterocycles. The standard InChI is InChI=1S/C13H20N2O3S/c1-3-14-8-5-9-15-13(16)11-6-4-7-12(10-11)19(2,17)18/h4,6-7,10,14H,3,5,8-9H2,1-2H3,(H,15,16). The van der Waals surface area contributed by atoms with E-state index in [2.05, 4.69) is 10.6 Å². The molecule has 0 fully saturated rings. The summed E-state index contributed by atoms with van der Waals surface area (Å²) in [6, 6.07) is 6.06. The predicted molar refractivity (Wildman–Crippen MR) is 75.0 cm³/mol. The molecule has 0 saturated heterocycles. The van der Waals surface area contributed by atoms with Gasteiger partial charge in [-0.05, 0) is 37.7 Å². The summed E-state index contributed by atoms with van der Waals surface area (Å²) in [6.45, 7) is 4.34. The molecular formula is C13H20N2O3S. The molecule has 0 spiro atoms. The van der Waals surface area contributed by atoms with Gasteiger partial charge in [-0.2, -0.15) is 0 Å². The lowest BCUT2D eigenvalue weighted by Gasteiger charge is -2.06. The van der Waals surface area contributed by atoms with Crippen LogP contribution >= 0.6 is 0 Å². The van der Waals surface area contributed by atoms with E-state index in [0.29, 0.717) is 12.1 Å². The first kappa shape index (κ1) is 15.7. The minimum Gasteiger partial charge on any atom is -0.352 e. The fraction of sp³-hybridized carbons (Fsp3) is 0.462. The van der Waals surface area contributed by atoms with Gasteiger partial charge in [0.05, 0.1) is 4.90 Å². The fourth-order valence-corrected chi connectivity index (χ4v) is 2.23. The minimum atomic E-state index is -3.28. The Bertz CT molecular complexity index is 526. The number of nitrogens with one attached hydrogen (secondary N) is 2. The summed E-state index contributed by atoms with van der Waals surface area (Å²) in [6.07, 6.45) is 1.96. The monoisotopic (exact) mass is 284 g/mol. The van der Waals surface area contributed by atoms with E-state index < -0.39 is 9.84 Å². The molecular weight excluding hydrogens is 264 g/mol. The first-order valence-corrected chi connectivity index (χ1v) is 8.13. The molecule has 6 heteroatoms. The van der Waals surface area contributed by atoms with Crippen LogP contribution in [0.4, 0.5) is 0 Å². The Hall–Kier alpha value is -1.40. The van der Waals surface area contributed by atoms with Gasteiger partial charge in [0, 0.05) is 18.4 Å². The molecule has 0 radical (unpaired) electrons. The third kappa shape index (κ3) is 5.40.